The van der Waals surface area contributed by atoms with E-state index in [1.165, 1.54) is 11.3 Å². The van der Waals surface area contributed by atoms with Gasteiger partial charge in [0.25, 0.3) is 5.91 Å². The second-order valence-corrected chi connectivity index (χ2v) is 4.31. The second kappa shape index (κ2) is 4.16. The minimum Gasteiger partial charge on any atom is -0.380 e. The number of hydrogen-bond acceptors (Lipinski definition) is 5. The smallest absolute Gasteiger partial charge is 0.268 e. The number of anilines is 1. The summed E-state index contributed by atoms with van der Waals surface area (Å²) in [5, 5.41) is 2.54. The molecule has 1 aromatic heterocycles. The van der Waals surface area contributed by atoms with Gasteiger partial charge in [-0.1, -0.05) is 0 Å². The maximum absolute atomic E-state index is 10.9. The quantitative estimate of drug-likeness (QED) is 0.815. The van der Waals surface area contributed by atoms with Crippen LogP contribution in [0.4, 0.5) is 5.13 Å². The van der Waals surface area contributed by atoms with E-state index < -0.39 is 5.91 Å². The van der Waals surface area contributed by atoms with Crippen LogP contribution in [0.3, 0.4) is 0 Å². The van der Waals surface area contributed by atoms with Gasteiger partial charge in [-0.2, -0.15) is 0 Å². The largest absolute Gasteiger partial charge is 0.380 e. The number of carbonyl (C=O) groups is 1. The molecule has 1 saturated heterocycles. The number of carbonyl (C=O) groups excluding carboxylic acids is 1. The van der Waals surface area contributed by atoms with Crippen LogP contribution < -0.4 is 10.6 Å². The Hall–Kier alpha value is -1.14. The van der Waals surface area contributed by atoms with E-state index in [2.05, 4.69) is 9.88 Å². The Balaban J connectivity index is 2.07. The number of nitrogens with zero attached hydrogens (tertiary/aromatic N) is 2. The van der Waals surface area contributed by atoms with Crippen molar-refractivity contribution >= 4 is 22.4 Å². The fraction of sp³-hybridized carbons (Fsp3) is 0.556. The van der Waals surface area contributed by atoms with Gasteiger partial charge < -0.3 is 15.4 Å². The average molecular weight is 227 g/mol. The molecule has 2 heterocycles. The highest BCUT2D eigenvalue weighted by Crippen LogP contribution is 2.25. The monoisotopic (exact) mass is 227 g/mol. The lowest BCUT2D eigenvalue weighted by Gasteiger charge is -2.13. The van der Waals surface area contributed by atoms with E-state index in [-0.39, 0.29) is 6.10 Å². The summed E-state index contributed by atoms with van der Waals surface area (Å²) in [6, 6.07) is 0. The molecule has 2 rings (SSSR count). The average Bonchev–Trinajstić information content (AvgIpc) is 2.86. The summed E-state index contributed by atoms with van der Waals surface area (Å²) in [7, 11) is 1.71. The SMILES string of the molecule is CO[C@H]1CCN(c2nc(C(N)=O)cs2)C1. The Bertz CT molecular complexity index is 366. The second-order valence-electron chi connectivity index (χ2n) is 3.47. The number of hydrogen-bond donors (Lipinski definition) is 1. The molecule has 0 saturated carbocycles. The normalized spacial score (nSPS) is 20.9. The van der Waals surface area contributed by atoms with Gasteiger partial charge in [-0.15, -0.1) is 11.3 Å². The molecule has 1 aromatic rings. The maximum atomic E-state index is 10.9. The van der Waals surface area contributed by atoms with Crippen LogP contribution >= 0.6 is 11.3 Å². The summed E-state index contributed by atoms with van der Waals surface area (Å²) in [4.78, 5) is 17.2. The van der Waals surface area contributed by atoms with Gasteiger partial charge >= 0.3 is 0 Å². The predicted octanol–water partition coefficient (Wildman–Crippen LogP) is 0.467. The van der Waals surface area contributed by atoms with Gasteiger partial charge in [-0.05, 0) is 6.42 Å². The Labute approximate surface area is 91.9 Å². The minimum absolute atomic E-state index is 0.269. The lowest BCUT2D eigenvalue weighted by atomic mass is 10.3. The molecule has 2 N–H and O–H groups in total. The van der Waals surface area contributed by atoms with Gasteiger partial charge in [0.05, 0.1) is 6.10 Å². The maximum Gasteiger partial charge on any atom is 0.268 e. The fourth-order valence-corrected chi connectivity index (χ4v) is 2.47. The highest BCUT2D eigenvalue weighted by molar-refractivity contribution is 7.13. The molecule has 0 aliphatic carbocycles. The Morgan fingerprint density at radius 2 is 2.60 bits per heavy atom. The number of ether oxygens (including phenoxy) is 1. The Morgan fingerprint density at radius 1 is 1.80 bits per heavy atom. The molecular weight excluding hydrogens is 214 g/mol. The first-order valence-electron chi connectivity index (χ1n) is 4.74. The lowest BCUT2D eigenvalue weighted by molar-refractivity contribution is 0.0996. The van der Waals surface area contributed by atoms with Gasteiger partial charge in [0.1, 0.15) is 5.69 Å². The third-order valence-electron chi connectivity index (χ3n) is 2.49. The molecule has 1 amide bonds. The van der Waals surface area contributed by atoms with Crippen LogP contribution in [-0.2, 0) is 4.74 Å². The molecule has 0 bridgehead atoms. The van der Waals surface area contributed by atoms with E-state index in [9.17, 15) is 4.79 Å². The zero-order valence-corrected chi connectivity index (χ0v) is 9.29. The number of aromatic nitrogens is 1. The van der Waals surface area contributed by atoms with Gasteiger partial charge in [0.15, 0.2) is 5.13 Å². The van der Waals surface area contributed by atoms with Crippen LogP contribution in [-0.4, -0.2) is 37.2 Å². The van der Waals surface area contributed by atoms with Crippen LogP contribution in [0.15, 0.2) is 5.38 Å². The molecule has 1 fully saturated rings. The Morgan fingerprint density at radius 3 is 3.13 bits per heavy atom. The van der Waals surface area contributed by atoms with Crippen LogP contribution in [0.2, 0.25) is 0 Å². The summed E-state index contributed by atoms with van der Waals surface area (Å²) in [5.74, 6) is -0.472. The molecular formula is C9H13N3O2S. The summed E-state index contributed by atoms with van der Waals surface area (Å²) in [5.41, 5.74) is 5.48. The molecule has 0 aromatic carbocycles. The lowest BCUT2D eigenvalue weighted by Crippen LogP contribution is -2.22. The zero-order valence-electron chi connectivity index (χ0n) is 8.47. The first-order chi connectivity index (χ1) is 7.20. The minimum atomic E-state index is -0.472. The van der Waals surface area contributed by atoms with Crippen molar-refractivity contribution in [3.63, 3.8) is 0 Å². The fourth-order valence-electron chi connectivity index (χ4n) is 1.62. The first kappa shape index (κ1) is 10.4. The first-order valence-corrected chi connectivity index (χ1v) is 5.61. The van der Waals surface area contributed by atoms with E-state index in [0.29, 0.717) is 5.69 Å². The van der Waals surface area contributed by atoms with Crippen LogP contribution in [0, 0.1) is 0 Å². The summed E-state index contributed by atoms with van der Waals surface area (Å²) in [6.07, 6.45) is 1.27. The third-order valence-corrected chi connectivity index (χ3v) is 3.39. The molecule has 1 aliphatic heterocycles. The van der Waals surface area contributed by atoms with Gasteiger partial charge in [0.2, 0.25) is 0 Å². The zero-order chi connectivity index (χ0) is 10.8. The van der Waals surface area contributed by atoms with E-state index in [4.69, 9.17) is 10.5 Å². The number of amides is 1. The van der Waals surface area contributed by atoms with Crippen molar-refractivity contribution in [2.45, 2.75) is 12.5 Å². The molecule has 5 nitrogen and oxygen atoms in total. The van der Waals surface area contributed by atoms with E-state index in [1.54, 1.807) is 12.5 Å². The summed E-state index contributed by atoms with van der Waals surface area (Å²) < 4.78 is 5.26. The number of primary amides is 1. The number of nitrogens with two attached hydrogens (primary N) is 1. The van der Waals surface area contributed by atoms with Crippen molar-refractivity contribution in [3.05, 3.63) is 11.1 Å². The molecule has 0 unspecified atom stereocenters. The standard InChI is InChI=1S/C9H13N3O2S/c1-14-6-2-3-12(4-6)9-11-7(5-15-9)8(10)13/h5-6H,2-4H2,1H3,(H2,10,13)/t6-/m0/s1. The molecule has 15 heavy (non-hydrogen) atoms. The molecule has 1 aliphatic rings. The number of methoxy groups -OCH3 is 1. The molecule has 0 radical (unpaired) electrons. The van der Waals surface area contributed by atoms with E-state index >= 15 is 0 Å². The topological polar surface area (TPSA) is 68.4 Å². The van der Waals surface area contributed by atoms with Crippen LogP contribution in [0.5, 0.6) is 0 Å². The van der Waals surface area contributed by atoms with Crippen molar-refractivity contribution in [2.24, 2.45) is 5.73 Å². The number of thiazole rings is 1. The van der Waals surface area contributed by atoms with Gasteiger partial charge in [-0.3, -0.25) is 4.79 Å². The molecule has 0 spiro atoms. The Kier molecular flexibility index (Phi) is 2.88. The highest BCUT2D eigenvalue weighted by atomic mass is 32.1. The summed E-state index contributed by atoms with van der Waals surface area (Å²) >= 11 is 1.45. The van der Waals surface area contributed by atoms with Gasteiger partial charge in [0, 0.05) is 25.6 Å². The van der Waals surface area contributed by atoms with Crippen LogP contribution in [0.1, 0.15) is 16.9 Å². The molecule has 82 valence electrons. The summed E-state index contributed by atoms with van der Waals surface area (Å²) in [6.45, 7) is 1.76. The molecule has 1 atom stereocenters. The third kappa shape index (κ3) is 2.10. The van der Waals surface area contributed by atoms with Crippen molar-refractivity contribution in [1.29, 1.82) is 0 Å². The molecule has 6 heteroatoms. The van der Waals surface area contributed by atoms with Crippen molar-refractivity contribution in [3.8, 4) is 0 Å². The van der Waals surface area contributed by atoms with Crippen LogP contribution in [0.25, 0.3) is 0 Å². The number of rotatable bonds is 3. The van der Waals surface area contributed by atoms with E-state index in [0.717, 1.165) is 24.6 Å². The predicted molar refractivity (Wildman–Crippen MR) is 58.3 cm³/mol. The van der Waals surface area contributed by atoms with Crippen molar-refractivity contribution < 1.29 is 9.53 Å². The van der Waals surface area contributed by atoms with Crippen molar-refractivity contribution in [2.75, 3.05) is 25.1 Å². The highest BCUT2D eigenvalue weighted by Gasteiger charge is 2.24. The van der Waals surface area contributed by atoms with Gasteiger partial charge in [-0.25, -0.2) is 4.98 Å². The van der Waals surface area contributed by atoms with E-state index in [1.807, 2.05) is 0 Å². The van der Waals surface area contributed by atoms with Crippen molar-refractivity contribution in [1.82, 2.24) is 4.98 Å².